The molecule has 1 amide bonds. The number of benzene rings is 2. The summed E-state index contributed by atoms with van der Waals surface area (Å²) >= 11 is 0. The molecule has 6 nitrogen and oxygen atoms in total. The monoisotopic (exact) mass is 385 g/mol. The molecule has 1 saturated heterocycles. The Hall–Kier alpha value is -3.59. The average Bonchev–Trinajstić information content (AvgIpc) is 3.38. The number of para-hydroxylation sites is 1. The highest BCUT2D eigenvalue weighted by molar-refractivity contribution is 6.05. The highest BCUT2D eigenvalue weighted by atomic mass is 16.1. The molecule has 6 heteroatoms. The number of aromatic nitrogens is 2. The van der Waals surface area contributed by atoms with Gasteiger partial charge >= 0.3 is 0 Å². The van der Waals surface area contributed by atoms with Gasteiger partial charge in [-0.15, -0.1) is 0 Å². The molecule has 4 rings (SSSR count). The van der Waals surface area contributed by atoms with E-state index in [1.54, 1.807) is 12.1 Å². The van der Waals surface area contributed by atoms with Crippen molar-refractivity contribution in [1.82, 2.24) is 9.78 Å². The molecule has 1 aromatic heterocycles. The number of nitrogens with zero attached hydrogens (tertiary/aromatic N) is 4. The maximum Gasteiger partial charge on any atom is 0.255 e. The fourth-order valence-electron chi connectivity index (χ4n) is 3.83. The second-order valence-electron chi connectivity index (χ2n) is 7.29. The van der Waals surface area contributed by atoms with Crippen molar-refractivity contribution in [3.63, 3.8) is 0 Å². The summed E-state index contributed by atoms with van der Waals surface area (Å²) in [6.07, 6.45) is 2.27. The third-order valence-electron chi connectivity index (χ3n) is 5.36. The number of hydrogen-bond acceptors (Lipinski definition) is 4. The molecular weight excluding hydrogens is 362 g/mol. The summed E-state index contributed by atoms with van der Waals surface area (Å²) in [4.78, 5) is 15.1. The Balaban J connectivity index is 1.60. The van der Waals surface area contributed by atoms with Crippen LogP contribution in [0.3, 0.4) is 0 Å². The van der Waals surface area contributed by atoms with E-state index >= 15 is 0 Å². The van der Waals surface area contributed by atoms with Crippen molar-refractivity contribution in [3.05, 3.63) is 71.0 Å². The third kappa shape index (κ3) is 3.59. The molecule has 0 unspecified atom stereocenters. The number of amides is 1. The zero-order valence-electron chi connectivity index (χ0n) is 16.6. The quantitative estimate of drug-likeness (QED) is 0.730. The van der Waals surface area contributed by atoms with E-state index in [0.29, 0.717) is 16.8 Å². The Morgan fingerprint density at radius 1 is 1.10 bits per heavy atom. The first kappa shape index (κ1) is 18.8. The molecule has 2 aromatic carbocycles. The first-order chi connectivity index (χ1) is 14.1. The van der Waals surface area contributed by atoms with Crippen LogP contribution in [0.2, 0.25) is 0 Å². The molecule has 0 saturated carbocycles. The largest absolute Gasteiger partial charge is 0.370 e. The van der Waals surface area contributed by atoms with Gasteiger partial charge < -0.3 is 10.2 Å². The Bertz CT molecular complexity index is 1090. The molecule has 29 heavy (non-hydrogen) atoms. The van der Waals surface area contributed by atoms with Gasteiger partial charge in [-0.3, -0.25) is 4.79 Å². The molecule has 0 spiro atoms. The van der Waals surface area contributed by atoms with Gasteiger partial charge in [0.05, 0.1) is 34.0 Å². The summed E-state index contributed by atoms with van der Waals surface area (Å²) in [6, 6.07) is 17.4. The first-order valence-electron chi connectivity index (χ1n) is 9.80. The van der Waals surface area contributed by atoms with E-state index in [-0.39, 0.29) is 5.91 Å². The minimum absolute atomic E-state index is 0.242. The number of rotatable bonds is 4. The Labute approximate surface area is 170 Å². The lowest BCUT2D eigenvalue weighted by molar-refractivity contribution is 0.102. The summed E-state index contributed by atoms with van der Waals surface area (Å²) in [7, 11) is 0. The van der Waals surface area contributed by atoms with Crippen LogP contribution in [0.5, 0.6) is 0 Å². The van der Waals surface area contributed by atoms with Gasteiger partial charge in [-0.2, -0.15) is 10.4 Å². The molecular formula is C23H23N5O. The van der Waals surface area contributed by atoms with Crippen molar-refractivity contribution in [2.45, 2.75) is 26.7 Å². The van der Waals surface area contributed by atoms with Crippen LogP contribution in [-0.4, -0.2) is 28.8 Å². The average molecular weight is 385 g/mol. The second kappa shape index (κ2) is 7.80. The van der Waals surface area contributed by atoms with Gasteiger partial charge in [-0.05, 0) is 57.0 Å². The van der Waals surface area contributed by atoms with Crippen LogP contribution < -0.4 is 10.2 Å². The maximum atomic E-state index is 12.9. The Morgan fingerprint density at radius 3 is 2.52 bits per heavy atom. The number of aryl methyl sites for hydroxylation is 1. The predicted octanol–water partition coefficient (Wildman–Crippen LogP) is 4.21. The smallest absolute Gasteiger partial charge is 0.255 e. The van der Waals surface area contributed by atoms with Gasteiger partial charge in [0.1, 0.15) is 6.07 Å². The van der Waals surface area contributed by atoms with Gasteiger partial charge in [0, 0.05) is 18.7 Å². The molecule has 0 radical (unpaired) electrons. The number of anilines is 2. The van der Waals surface area contributed by atoms with Crippen LogP contribution in [0, 0.1) is 25.2 Å². The standard InChI is InChI=1S/C23H23N5O/c1-16-22(17(2)28(26-16)20-8-4-3-5-9-20)25-23(29)18-10-11-21(19(14-18)15-24)27-12-6-7-13-27/h3-5,8-11,14H,6-7,12-13H2,1-2H3,(H,25,29). The molecule has 1 aliphatic heterocycles. The lowest BCUT2D eigenvalue weighted by Crippen LogP contribution is -2.19. The molecule has 146 valence electrons. The zero-order chi connectivity index (χ0) is 20.4. The summed E-state index contributed by atoms with van der Waals surface area (Å²) in [6.45, 7) is 5.72. The highest BCUT2D eigenvalue weighted by Gasteiger charge is 2.19. The molecule has 2 heterocycles. The third-order valence-corrected chi connectivity index (χ3v) is 5.36. The topological polar surface area (TPSA) is 74.0 Å². The first-order valence-corrected chi connectivity index (χ1v) is 9.80. The SMILES string of the molecule is Cc1nn(-c2ccccc2)c(C)c1NC(=O)c1ccc(N2CCCC2)c(C#N)c1. The summed E-state index contributed by atoms with van der Waals surface area (Å²) < 4.78 is 1.82. The highest BCUT2D eigenvalue weighted by Crippen LogP contribution is 2.27. The van der Waals surface area contributed by atoms with Crippen LogP contribution in [0.15, 0.2) is 48.5 Å². The summed E-state index contributed by atoms with van der Waals surface area (Å²) in [5.74, 6) is -0.242. The van der Waals surface area contributed by atoms with Gasteiger partial charge in [0.2, 0.25) is 0 Å². The van der Waals surface area contributed by atoms with E-state index in [2.05, 4.69) is 21.4 Å². The predicted molar refractivity (Wildman–Crippen MR) is 114 cm³/mol. The van der Waals surface area contributed by atoms with Crippen molar-refractivity contribution in [3.8, 4) is 11.8 Å². The van der Waals surface area contributed by atoms with Crippen molar-refractivity contribution in [2.75, 3.05) is 23.3 Å². The van der Waals surface area contributed by atoms with E-state index in [1.165, 1.54) is 0 Å². The van der Waals surface area contributed by atoms with E-state index in [4.69, 9.17) is 0 Å². The van der Waals surface area contributed by atoms with Gasteiger partial charge in [-0.1, -0.05) is 18.2 Å². The Kier molecular flexibility index (Phi) is 5.05. The number of hydrogen-bond donors (Lipinski definition) is 1. The normalized spacial score (nSPS) is 13.3. The van der Waals surface area contributed by atoms with Gasteiger partial charge in [0.15, 0.2) is 0 Å². The van der Waals surface area contributed by atoms with Crippen LogP contribution in [0.1, 0.15) is 40.2 Å². The van der Waals surface area contributed by atoms with Gasteiger partial charge in [0.25, 0.3) is 5.91 Å². The van der Waals surface area contributed by atoms with Crippen LogP contribution >= 0.6 is 0 Å². The van der Waals surface area contributed by atoms with Crippen LogP contribution in [0.4, 0.5) is 11.4 Å². The van der Waals surface area contributed by atoms with Crippen LogP contribution in [0.25, 0.3) is 5.69 Å². The number of nitriles is 1. The van der Waals surface area contributed by atoms with E-state index in [0.717, 1.165) is 48.7 Å². The molecule has 3 aromatic rings. The fourth-order valence-corrected chi connectivity index (χ4v) is 3.83. The summed E-state index contributed by atoms with van der Waals surface area (Å²) in [5.41, 5.74) is 5.15. The zero-order valence-corrected chi connectivity index (χ0v) is 16.6. The number of carbonyl (C=O) groups is 1. The molecule has 1 aliphatic rings. The lowest BCUT2D eigenvalue weighted by atomic mass is 10.1. The second-order valence-corrected chi connectivity index (χ2v) is 7.29. The van der Waals surface area contributed by atoms with Crippen molar-refractivity contribution < 1.29 is 4.79 Å². The number of carbonyl (C=O) groups excluding carboxylic acids is 1. The van der Waals surface area contributed by atoms with Crippen molar-refractivity contribution in [1.29, 1.82) is 5.26 Å². The Morgan fingerprint density at radius 2 is 1.83 bits per heavy atom. The van der Waals surface area contributed by atoms with Gasteiger partial charge in [-0.25, -0.2) is 4.68 Å². The molecule has 0 bridgehead atoms. The lowest BCUT2D eigenvalue weighted by Gasteiger charge is -2.19. The van der Waals surface area contributed by atoms with Crippen molar-refractivity contribution in [2.24, 2.45) is 0 Å². The molecule has 1 fully saturated rings. The van der Waals surface area contributed by atoms with Crippen LogP contribution in [-0.2, 0) is 0 Å². The fraction of sp³-hybridized carbons (Fsp3) is 0.261. The minimum Gasteiger partial charge on any atom is -0.370 e. The van der Waals surface area contributed by atoms with E-state index in [9.17, 15) is 10.1 Å². The van der Waals surface area contributed by atoms with E-state index in [1.807, 2.05) is 54.9 Å². The molecule has 0 aliphatic carbocycles. The maximum absolute atomic E-state index is 12.9. The minimum atomic E-state index is -0.242. The molecule has 1 N–H and O–H groups in total. The van der Waals surface area contributed by atoms with E-state index < -0.39 is 0 Å². The summed E-state index contributed by atoms with van der Waals surface area (Å²) in [5, 5.41) is 17.1. The molecule has 0 atom stereocenters. The number of nitrogens with one attached hydrogen (secondary N) is 1. The van der Waals surface area contributed by atoms with Crippen molar-refractivity contribution >= 4 is 17.3 Å².